The average molecular weight is 627 g/mol. The van der Waals surface area contributed by atoms with Crippen LogP contribution in [0.4, 0.5) is 35.1 Å². The summed E-state index contributed by atoms with van der Waals surface area (Å²) in [6, 6.07) is 17.8. The summed E-state index contributed by atoms with van der Waals surface area (Å²) in [5.74, 6) is -8.87. The van der Waals surface area contributed by atoms with Crippen molar-refractivity contribution in [2.45, 2.75) is 13.0 Å². The van der Waals surface area contributed by atoms with Gasteiger partial charge in [0.05, 0.1) is 5.56 Å². The van der Waals surface area contributed by atoms with Crippen molar-refractivity contribution in [3.05, 3.63) is 144 Å². The van der Waals surface area contributed by atoms with Crippen molar-refractivity contribution in [3.63, 3.8) is 0 Å². The predicted octanol–water partition coefficient (Wildman–Crippen LogP) is 10.6. The molecule has 230 valence electrons. The standard InChI is InChI=1S/C35H22F8O2/c1-2-3-14-44-24-9-4-20(5-10-24)21-6-11-26(29(36)15-21)22-7-12-27(30(37)16-22)23-8-13-28(31(38)17-23)35(42,43)45-25-18-32(39)34(41)33(40)19-25/h2-13,15-19H,14H2,1H3/b3-2+. The highest BCUT2D eigenvalue weighted by Crippen LogP contribution is 2.37. The highest BCUT2D eigenvalue weighted by atomic mass is 19.3. The fourth-order valence-corrected chi connectivity index (χ4v) is 4.54. The Labute approximate surface area is 252 Å². The summed E-state index contributed by atoms with van der Waals surface area (Å²) < 4.78 is 124. The van der Waals surface area contributed by atoms with Crippen LogP contribution in [0, 0.1) is 34.9 Å². The molecular formula is C35H22F8O2. The van der Waals surface area contributed by atoms with E-state index in [-0.39, 0.29) is 34.4 Å². The summed E-state index contributed by atoms with van der Waals surface area (Å²) in [6.45, 7) is 2.30. The van der Waals surface area contributed by atoms with Gasteiger partial charge in [0.15, 0.2) is 17.5 Å². The van der Waals surface area contributed by atoms with E-state index in [0.717, 1.165) is 17.7 Å². The Balaban J connectivity index is 1.35. The second-order valence-corrected chi connectivity index (χ2v) is 9.81. The first-order chi connectivity index (χ1) is 21.5. The van der Waals surface area contributed by atoms with E-state index in [9.17, 15) is 26.3 Å². The minimum atomic E-state index is -4.42. The van der Waals surface area contributed by atoms with Gasteiger partial charge in [0, 0.05) is 23.3 Å². The zero-order valence-electron chi connectivity index (χ0n) is 23.4. The third kappa shape index (κ3) is 6.85. The Kier molecular flexibility index (Phi) is 8.94. The molecule has 0 fully saturated rings. The summed E-state index contributed by atoms with van der Waals surface area (Å²) in [6.07, 6.45) is -0.697. The summed E-state index contributed by atoms with van der Waals surface area (Å²) in [4.78, 5) is 0. The molecule has 0 heterocycles. The number of benzene rings is 5. The van der Waals surface area contributed by atoms with Gasteiger partial charge in [-0.1, -0.05) is 54.6 Å². The largest absolute Gasteiger partial charge is 0.490 e. The predicted molar refractivity (Wildman–Crippen MR) is 154 cm³/mol. The number of hydrogen-bond acceptors (Lipinski definition) is 2. The Hall–Kier alpha value is -5.12. The van der Waals surface area contributed by atoms with Crippen molar-refractivity contribution in [1.82, 2.24) is 0 Å². The molecule has 0 N–H and O–H groups in total. The highest BCUT2D eigenvalue weighted by molar-refractivity contribution is 5.74. The molecule has 45 heavy (non-hydrogen) atoms. The van der Waals surface area contributed by atoms with Crippen molar-refractivity contribution in [1.29, 1.82) is 0 Å². The Morgan fingerprint density at radius 1 is 0.556 bits per heavy atom. The Bertz CT molecular complexity index is 1860. The van der Waals surface area contributed by atoms with Gasteiger partial charge >= 0.3 is 6.11 Å². The van der Waals surface area contributed by atoms with E-state index in [1.807, 2.05) is 19.1 Å². The normalized spacial score (nSPS) is 11.7. The SMILES string of the molecule is C/C=C/COc1ccc(-c2ccc(-c3ccc(-c4ccc(C(F)(F)Oc5cc(F)c(F)c(F)c5)c(F)c4)c(F)c3)c(F)c2)cc1. The number of alkyl halides is 2. The minimum absolute atomic E-state index is 0.0995. The number of rotatable bonds is 9. The van der Waals surface area contributed by atoms with E-state index >= 15 is 8.78 Å². The first-order valence-corrected chi connectivity index (χ1v) is 13.4. The van der Waals surface area contributed by atoms with Crippen LogP contribution in [-0.2, 0) is 6.11 Å². The first kappa shape index (κ1) is 31.3. The van der Waals surface area contributed by atoms with Crippen molar-refractivity contribution in [3.8, 4) is 44.9 Å². The van der Waals surface area contributed by atoms with Gasteiger partial charge in [0.25, 0.3) is 0 Å². The molecule has 0 aliphatic heterocycles. The summed E-state index contributed by atoms with van der Waals surface area (Å²) >= 11 is 0. The van der Waals surface area contributed by atoms with Gasteiger partial charge in [-0.2, -0.15) is 8.78 Å². The first-order valence-electron chi connectivity index (χ1n) is 13.4. The molecule has 10 heteroatoms. The van der Waals surface area contributed by atoms with Gasteiger partial charge in [-0.25, -0.2) is 26.3 Å². The van der Waals surface area contributed by atoms with Crippen molar-refractivity contribution in [2.24, 2.45) is 0 Å². The Morgan fingerprint density at radius 3 is 1.62 bits per heavy atom. The van der Waals surface area contributed by atoms with Gasteiger partial charge < -0.3 is 9.47 Å². The van der Waals surface area contributed by atoms with E-state index in [1.165, 1.54) is 24.3 Å². The zero-order chi connectivity index (χ0) is 32.3. The van der Waals surface area contributed by atoms with Crippen LogP contribution < -0.4 is 9.47 Å². The van der Waals surface area contributed by atoms with E-state index in [4.69, 9.17) is 4.74 Å². The summed E-state index contributed by atoms with van der Waals surface area (Å²) in [7, 11) is 0. The fraction of sp³-hybridized carbons (Fsp3) is 0.0857. The second-order valence-electron chi connectivity index (χ2n) is 9.81. The maximum Gasteiger partial charge on any atom is 0.429 e. The monoisotopic (exact) mass is 626 g/mol. The maximum absolute atomic E-state index is 15.2. The third-order valence-corrected chi connectivity index (χ3v) is 6.82. The molecule has 5 aromatic carbocycles. The lowest BCUT2D eigenvalue weighted by Crippen LogP contribution is -2.23. The van der Waals surface area contributed by atoms with Crippen molar-refractivity contribution < 1.29 is 44.6 Å². The molecule has 0 aromatic heterocycles. The molecule has 0 atom stereocenters. The molecule has 0 aliphatic rings. The molecule has 0 aliphatic carbocycles. The maximum atomic E-state index is 15.2. The minimum Gasteiger partial charge on any atom is -0.490 e. The number of allylic oxidation sites excluding steroid dienone is 1. The Morgan fingerprint density at radius 2 is 1.07 bits per heavy atom. The van der Waals surface area contributed by atoms with Crippen LogP contribution >= 0.6 is 0 Å². The van der Waals surface area contributed by atoms with Gasteiger partial charge in [0.1, 0.15) is 35.6 Å². The second kappa shape index (κ2) is 12.9. The number of ether oxygens (including phenoxy) is 2. The molecule has 0 unspecified atom stereocenters. The van der Waals surface area contributed by atoms with Crippen LogP contribution in [0.5, 0.6) is 11.5 Å². The van der Waals surface area contributed by atoms with E-state index < -0.39 is 52.3 Å². The lowest BCUT2D eigenvalue weighted by Gasteiger charge is -2.19. The molecule has 5 rings (SSSR count). The molecular weight excluding hydrogens is 604 g/mol. The van der Waals surface area contributed by atoms with Gasteiger partial charge in [0.2, 0.25) is 0 Å². The van der Waals surface area contributed by atoms with E-state index in [0.29, 0.717) is 30.1 Å². The molecule has 0 radical (unpaired) electrons. The van der Waals surface area contributed by atoms with Crippen molar-refractivity contribution in [2.75, 3.05) is 6.61 Å². The molecule has 2 nitrogen and oxygen atoms in total. The van der Waals surface area contributed by atoms with Gasteiger partial charge in [-0.15, -0.1) is 0 Å². The third-order valence-electron chi connectivity index (χ3n) is 6.82. The summed E-state index contributed by atoms with van der Waals surface area (Å²) in [5.41, 5.74) is 0.00436. The van der Waals surface area contributed by atoms with Crippen LogP contribution in [0.3, 0.4) is 0 Å². The van der Waals surface area contributed by atoms with Gasteiger partial charge in [-0.05, 0) is 65.6 Å². The highest BCUT2D eigenvalue weighted by Gasteiger charge is 2.38. The molecule has 0 amide bonds. The molecule has 0 spiro atoms. The van der Waals surface area contributed by atoms with Crippen LogP contribution in [0.15, 0.2) is 103 Å². The molecule has 0 bridgehead atoms. The van der Waals surface area contributed by atoms with Crippen LogP contribution in [-0.4, -0.2) is 6.61 Å². The molecule has 0 saturated carbocycles. The van der Waals surface area contributed by atoms with Gasteiger partial charge in [-0.3, -0.25) is 0 Å². The van der Waals surface area contributed by atoms with E-state index in [1.54, 1.807) is 30.3 Å². The van der Waals surface area contributed by atoms with Crippen molar-refractivity contribution >= 4 is 0 Å². The molecule has 0 saturated heterocycles. The number of halogens is 8. The quantitative estimate of drug-likeness (QED) is 0.0921. The van der Waals surface area contributed by atoms with Crippen LogP contribution in [0.1, 0.15) is 12.5 Å². The zero-order valence-corrected chi connectivity index (χ0v) is 23.4. The number of hydrogen-bond donors (Lipinski definition) is 0. The van der Waals surface area contributed by atoms with E-state index in [2.05, 4.69) is 4.74 Å². The summed E-state index contributed by atoms with van der Waals surface area (Å²) in [5, 5.41) is 0. The van der Waals surface area contributed by atoms with Crippen LogP contribution in [0.25, 0.3) is 33.4 Å². The lowest BCUT2D eigenvalue weighted by atomic mass is 9.96. The fourth-order valence-electron chi connectivity index (χ4n) is 4.54. The average Bonchev–Trinajstić information content (AvgIpc) is 3.00. The smallest absolute Gasteiger partial charge is 0.429 e. The topological polar surface area (TPSA) is 18.5 Å². The molecule has 5 aromatic rings. The van der Waals surface area contributed by atoms with Crippen LogP contribution in [0.2, 0.25) is 0 Å². The lowest BCUT2D eigenvalue weighted by molar-refractivity contribution is -0.187.